The van der Waals surface area contributed by atoms with Crippen LogP contribution in [-0.2, 0) is 9.59 Å². The quantitative estimate of drug-likeness (QED) is 0.745. The normalized spacial score (nSPS) is 17.9. The third kappa shape index (κ3) is 5.58. The van der Waals surface area contributed by atoms with Gasteiger partial charge in [0.1, 0.15) is 5.82 Å². The highest BCUT2D eigenvalue weighted by Gasteiger charge is 2.31. The third-order valence-electron chi connectivity index (χ3n) is 6.22. The van der Waals surface area contributed by atoms with Gasteiger partial charge in [-0.3, -0.25) is 14.5 Å². The zero-order valence-electron chi connectivity index (χ0n) is 18.0. The lowest BCUT2D eigenvalue weighted by Gasteiger charge is -2.39. The van der Waals surface area contributed by atoms with Crippen LogP contribution >= 0.6 is 11.6 Å². The van der Waals surface area contributed by atoms with E-state index >= 15 is 0 Å². The lowest BCUT2D eigenvalue weighted by Crippen LogP contribution is -2.52. The lowest BCUT2D eigenvalue weighted by atomic mass is 9.95. The van der Waals surface area contributed by atoms with Gasteiger partial charge in [-0.05, 0) is 62.3 Å². The molecule has 2 saturated heterocycles. The monoisotopic (exact) mass is 458 g/mol. The Labute approximate surface area is 192 Å². The van der Waals surface area contributed by atoms with Crippen molar-refractivity contribution < 1.29 is 14.0 Å². The van der Waals surface area contributed by atoms with Gasteiger partial charge < -0.3 is 15.1 Å². The largest absolute Gasteiger partial charge is 0.367 e. The van der Waals surface area contributed by atoms with Crippen LogP contribution in [-0.4, -0.2) is 67.4 Å². The number of benzene rings is 2. The predicted molar refractivity (Wildman–Crippen MR) is 124 cm³/mol. The number of carbonyl (C=O) groups is 2. The molecule has 0 aromatic heterocycles. The van der Waals surface area contributed by atoms with Gasteiger partial charge in [-0.15, -0.1) is 0 Å². The SMILES string of the molecule is O=C(CN1CCC(C(=O)N2CCN(c3ccccc3Cl)CC2)CC1)Nc1ccc(F)cc1. The van der Waals surface area contributed by atoms with Crippen molar-refractivity contribution >= 4 is 34.8 Å². The zero-order chi connectivity index (χ0) is 22.5. The van der Waals surface area contributed by atoms with Crippen LogP contribution in [0.2, 0.25) is 5.02 Å². The molecule has 0 spiro atoms. The highest BCUT2D eigenvalue weighted by Crippen LogP contribution is 2.27. The number of carbonyl (C=O) groups excluding carboxylic acids is 2. The summed E-state index contributed by atoms with van der Waals surface area (Å²) in [5.74, 6) is -0.227. The number of hydrogen-bond acceptors (Lipinski definition) is 4. The molecular formula is C24H28ClFN4O2. The van der Waals surface area contributed by atoms with Crippen LogP contribution in [0.25, 0.3) is 0 Å². The molecule has 0 unspecified atom stereocenters. The predicted octanol–water partition coefficient (Wildman–Crippen LogP) is 3.48. The number of nitrogens with zero attached hydrogens (tertiary/aromatic N) is 3. The smallest absolute Gasteiger partial charge is 0.238 e. The van der Waals surface area contributed by atoms with E-state index < -0.39 is 0 Å². The van der Waals surface area contributed by atoms with Crippen LogP contribution in [0.3, 0.4) is 0 Å². The maximum atomic E-state index is 13.0. The maximum Gasteiger partial charge on any atom is 0.238 e. The second kappa shape index (κ2) is 10.3. The second-order valence-electron chi connectivity index (χ2n) is 8.37. The van der Waals surface area contributed by atoms with Crippen LogP contribution < -0.4 is 10.2 Å². The fraction of sp³-hybridized carbons (Fsp3) is 0.417. The summed E-state index contributed by atoms with van der Waals surface area (Å²) in [6.45, 7) is 4.65. The Kier molecular flexibility index (Phi) is 7.27. The Morgan fingerprint density at radius 1 is 0.938 bits per heavy atom. The number of amides is 2. The van der Waals surface area contributed by atoms with Crippen LogP contribution in [0.5, 0.6) is 0 Å². The van der Waals surface area contributed by atoms with E-state index in [2.05, 4.69) is 15.1 Å². The van der Waals surface area contributed by atoms with Crippen molar-refractivity contribution in [2.75, 3.05) is 56.0 Å². The number of nitrogens with one attached hydrogen (secondary N) is 1. The van der Waals surface area contributed by atoms with E-state index in [9.17, 15) is 14.0 Å². The van der Waals surface area contributed by atoms with Gasteiger partial charge in [0.2, 0.25) is 11.8 Å². The summed E-state index contributed by atoms with van der Waals surface area (Å²) < 4.78 is 13.0. The molecule has 0 aliphatic carbocycles. The van der Waals surface area contributed by atoms with Crippen LogP contribution in [0, 0.1) is 11.7 Å². The minimum absolute atomic E-state index is 0.0123. The molecule has 2 aromatic carbocycles. The van der Waals surface area contributed by atoms with Crippen molar-refractivity contribution in [2.24, 2.45) is 5.92 Å². The molecule has 0 bridgehead atoms. The molecule has 2 fully saturated rings. The number of anilines is 2. The minimum Gasteiger partial charge on any atom is -0.367 e. The molecule has 2 heterocycles. The molecule has 0 saturated carbocycles. The molecule has 0 radical (unpaired) electrons. The Balaban J connectivity index is 1.20. The fourth-order valence-corrected chi connectivity index (χ4v) is 4.66. The van der Waals surface area contributed by atoms with E-state index in [4.69, 9.17) is 11.6 Å². The molecule has 2 aromatic rings. The number of likely N-dealkylation sites (tertiary alicyclic amines) is 1. The van der Waals surface area contributed by atoms with Gasteiger partial charge in [0.05, 0.1) is 17.3 Å². The standard InChI is InChI=1S/C24H28ClFN4O2/c25-21-3-1-2-4-22(21)29-13-15-30(16-14-29)24(32)18-9-11-28(12-10-18)17-23(31)27-20-7-5-19(26)6-8-20/h1-8,18H,9-17H2,(H,27,31). The van der Waals surface area contributed by atoms with Crippen molar-refractivity contribution in [1.82, 2.24) is 9.80 Å². The maximum absolute atomic E-state index is 13.0. The van der Waals surface area contributed by atoms with E-state index in [0.29, 0.717) is 31.9 Å². The van der Waals surface area contributed by atoms with Gasteiger partial charge in [-0.25, -0.2) is 4.39 Å². The van der Waals surface area contributed by atoms with Gasteiger partial charge in [-0.2, -0.15) is 0 Å². The molecule has 2 amide bonds. The topological polar surface area (TPSA) is 55.9 Å². The number of piperazine rings is 1. The first-order chi connectivity index (χ1) is 15.5. The first kappa shape index (κ1) is 22.6. The third-order valence-corrected chi connectivity index (χ3v) is 6.54. The number of rotatable bonds is 5. The lowest BCUT2D eigenvalue weighted by molar-refractivity contribution is -0.137. The summed E-state index contributed by atoms with van der Waals surface area (Å²) in [6, 6.07) is 13.5. The van der Waals surface area contributed by atoms with Crippen molar-refractivity contribution in [1.29, 1.82) is 0 Å². The van der Waals surface area contributed by atoms with Gasteiger partial charge in [-0.1, -0.05) is 23.7 Å². The first-order valence-electron chi connectivity index (χ1n) is 11.1. The summed E-state index contributed by atoms with van der Waals surface area (Å²) in [5.41, 5.74) is 1.60. The summed E-state index contributed by atoms with van der Waals surface area (Å²) >= 11 is 6.31. The van der Waals surface area contributed by atoms with E-state index in [0.717, 1.165) is 36.6 Å². The first-order valence-corrected chi connectivity index (χ1v) is 11.4. The van der Waals surface area contributed by atoms with Gasteiger partial charge in [0, 0.05) is 37.8 Å². The molecule has 2 aliphatic heterocycles. The molecule has 6 nitrogen and oxygen atoms in total. The Hall–Kier alpha value is -2.64. The Bertz CT molecular complexity index is 939. The molecule has 1 N–H and O–H groups in total. The van der Waals surface area contributed by atoms with Crippen molar-refractivity contribution in [3.8, 4) is 0 Å². The minimum atomic E-state index is -0.333. The second-order valence-corrected chi connectivity index (χ2v) is 8.78. The number of halogens is 2. The molecule has 8 heteroatoms. The molecule has 2 aliphatic rings. The summed E-state index contributed by atoms with van der Waals surface area (Å²) in [6.07, 6.45) is 1.51. The Morgan fingerprint density at radius 2 is 1.59 bits per heavy atom. The molecule has 0 atom stereocenters. The van der Waals surface area contributed by atoms with E-state index in [1.165, 1.54) is 12.1 Å². The van der Waals surface area contributed by atoms with E-state index in [1.54, 1.807) is 12.1 Å². The average molecular weight is 459 g/mol. The van der Waals surface area contributed by atoms with Crippen LogP contribution in [0.15, 0.2) is 48.5 Å². The Morgan fingerprint density at radius 3 is 2.25 bits per heavy atom. The van der Waals surface area contributed by atoms with Gasteiger partial charge >= 0.3 is 0 Å². The molecular weight excluding hydrogens is 431 g/mol. The molecule has 170 valence electrons. The fourth-order valence-electron chi connectivity index (χ4n) is 4.41. The highest BCUT2D eigenvalue weighted by atomic mass is 35.5. The zero-order valence-corrected chi connectivity index (χ0v) is 18.7. The average Bonchev–Trinajstić information content (AvgIpc) is 2.81. The number of hydrogen-bond donors (Lipinski definition) is 1. The van der Waals surface area contributed by atoms with Crippen molar-refractivity contribution in [3.63, 3.8) is 0 Å². The van der Waals surface area contributed by atoms with Crippen molar-refractivity contribution in [3.05, 3.63) is 59.4 Å². The highest BCUT2D eigenvalue weighted by molar-refractivity contribution is 6.33. The molecule has 32 heavy (non-hydrogen) atoms. The number of piperidine rings is 1. The van der Waals surface area contributed by atoms with Crippen LogP contribution in [0.1, 0.15) is 12.8 Å². The van der Waals surface area contributed by atoms with Gasteiger partial charge in [0.25, 0.3) is 0 Å². The van der Waals surface area contributed by atoms with E-state index in [-0.39, 0.29) is 30.1 Å². The number of para-hydroxylation sites is 1. The van der Waals surface area contributed by atoms with E-state index in [1.807, 2.05) is 29.2 Å². The van der Waals surface area contributed by atoms with Crippen LogP contribution in [0.4, 0.5) is 15.8 Å². The summed E-state index contributed by atoms with van der Waals surface area (Å²) in [7, 11) is 0. The summed E-state index contributed by atoms with van der Waals surface area (Å²) in [4.78, 5) is 31.5. The molecule has 4 rings (SSSR count). The van der Waals surface area contributed by atoms with Gasteiger partial charge in [0.15, 0.2) is 0 Å². The van der Waals surface area contributed by atoms with Crippen molar-refractivity contribution in [2.45, 2.75) is 12.8 Å². The summed E-state index contributed by atoms with van der Waals surface area (Å²) in [5, 5.41) is 3.53.